The van der Waals surface area contributed by atoms with Gasteiger partial charge in [-0.05, 0) is 24.5 Å². The number of carbonyl (C=O) groups is 1. The van der Waals surface area contributed by atoms with E-state index in [2.05, 4.69) is 15.5 Å². The molecule has 1 fully saturated rings. The Morgan fingerprint density at radius 2 is 1.93 bits per heavy atom. The summed E-state index contributed by atoms with van der Waals surface area (Å²) in [5, 5.41) is 11.3. The number of aryl methyl sites for hydroxylation is 1. The van der Waals surface area contributed by atoms with Crippen molar-refractivity contribution >= 4 is 23.4 Å². The molecule has 1 amide bonds. The number of nitrogens with zero attached hydrogens (tertiary/aromatic N) is 3. The van der Waals surface area contributed by atoms with E-state index in [4.69, 9.17) is 0 Å². The van der Waals surface area contributed by atoms with Crippen molar-refractivity contribution in [1.82, 2.24) is 14.8 Å². The zero-order chi connectivity index (χ0) is 20.9. The SMILES string of the molecule is Cn1c(CCC2CCCCC2)nnc1SCC(=O)Nc1ccccc1C(F)(F)F. The highest BCUT2D eigenvalue weighted by Gasteiger charge is 2.33. The molecular formula is C20H25F3N4OS. The van der Waals surface area contributed by atoms with E-state index in [0.29, 0.717) is 5.16 Å². The van der Waals surface area contributed by atoms with Crippen LogP contribution in [0.4, 0.5) is 18.9 Å². The number of hydrogen-bond acceptors (Lipinski definition) is 4. The molecule has 0 unspecified atom stereocenters. The third-order valence-corrected chi connectivity index (χ3v) is 6.29. The Hall–Kier alpha value is -2.03. The highest BCUT2D eigenvalue weighted by Crippen LogP contribution is 2.34. The molecule has 0 aliphatic heterocycles. The maximum Gasteiger partial charge on any atom is 0.418 e. The molecule has 5 nitrogen and oxygen atoms in total. The topological polar surface area (TPSA) is 59.8 Å². The molecule has 1 aromatic carbocycles. The third kappa shape index (κ3) is 5.98. The quantitative estimate of drug-likeness (QED) is 0.628. The third-order valence-electron chi connectivity index (χ3n) is 5.26. The molecular weight excluding hydrogens is 401 g/mol. The minimum absolute atomic E-state index is 0.0409. The molecule has 0 saturated heterocycles. The predicted molar refractivity (Wildman–Crippen MR) is 107 cm³/mol. The fourth-order valence-electron chi connectivity index (χ4n) is 3.65. The van der Waals surface area contributed by atoms with Gasteiger partial charge >= 0.3 is 6.18 Å². The molecule has 0 spiro atoms. The lowest BCUT2D eigenvalue weighted by Gasteiger charge is -2.20. The number of para-hydroxylation sites is 1. The summed E-state index contributed by atoms with van der Waals surface area (Å²) >= 11 is 1.17. The molecule has 29 heavy (non-hydrogen) atoms. The molecule has 1 aromatic heterocycles. The van der Waals surface area contributed by atoms with Crippen LogP contribution in [0.5, 0.6) is 0 Å². The van der Waals surface area contributed by atoms with Gasteiger partial charge in [0.1, 0.15) is 5.82 Å². The molecule has 1 aliphatic carbocycles. The number of benzene rings is 1. The Bertz CT molecular complexity index is 831. The van der Waals surface area contributed by atoms with E-state index >= 15 is 0 Å². The molecule has 0 atom stereocenters. The van der Waals surface area contributed by atoms with E-state index in [1.54, 1.807) is 0 Å². The number of aromatic nitrogens is 3. The Balaban J connectivity index is 1.53. The minimum atomic E-state index is -4.52. The van der Waals surface area contributed by atoms with Gasteiger partial charge in [0.15, 0.2) is 5.16 Å². The number of rotatable bonds is 7. The average Bonchev–Trinajstić information content (AvgIpc) is 3.05. The van der Waals surface area contributed by atoms with Crippen LogP contribution in [0, 0.1) is 5.92 Å². The van der Waals surface area contributed by atoms with Crippen LogP contribution < -0.4 is 5.32 Å². The molecule has 158 valence electrons. The van der Waals surface area contributed by atoms with Crippen molar-refractivity contribution < 1.29 is 18.0 Å². The van der Waals surface area contributed by atoms with Gasteiger partial charge in [-0.3, -0.25) is 4.79 Å². The van der Waals surface area contributed by atoms with Crippen molar-refractivity contribution in [2.75, 3.05) is 11.1 Å². The van der Waals surface area contributed by atoms with Crippen molar-refractivity contribution in [3.63, 3.8) is 0 Å². The van der Waals surface area contributed by atoms with E-state index in [0.717, 1.165) is 30.7 Å². The Morgan fingerprint density at radius 1 is 1.21 bits per heavy atom. The van der Waals surface area contributed by atoms with Crippen LogP contribution >= 0.6 is 11.8 Å². The van der Waals surface area contributed by atoms with Gasteiger partial charge in [0.2, 0.25) is 5.91 Å². The van der Waals surface area contributed by atoms with Gasteiger partial charge < -0.3 is 9.88 Å². The number of hydrogen-bond donors (Lipinski definition) is 1. The van der Waals surface area contributed by atoms with Gasteiger partial charge in [-0.25, -0.2) is 0 Å². The summed E-state index contributed by atoms with van der Waals surface area (Å²) in [6.45, 7) is 0. The molecule has 0 bridgehead atoms. The fourth-order valence-corrected chi connectivity index (χ4v) is 4.38. The first-order valence-electron chi connectivity index (χ1n) is 9.81. The smallest absolute Gasteiger partial charge is 0.325 e. The van der Waals surface area contributed by atoms with Crippen molar-refractivity contribution in [3.05, 3.63) is 35.7 Å². The molecule has 3 rings (SSSR count). The molecule has 2 aromatic rings. The minimum Gasteiger partial charge on any atom is -0.325 e. The van der Waals surface area contributed by atoms with E-state index < -0.39 is 17.6 Å². The summed E-state index contributed by atoms with van der Waals surface area (Å²) in [5.74, 6) is 1.07. The number of carbonyl (C=O) groups excluding carboxylic acids is 1. The van der Waals surface area contributed by atoms with E-state index in [1.807, 2.05) is 11.6 Å². The maximum atomic E-state index is 13.0. The number of alkyl halides is 3. The van der Waals surface area contributed by atoms with Gasteiger partial charge in [-0.1, -0.05) is 56.0 Å². The van der Waals surface area contributed by atoms with E-state index in [9.17, 15) is 18.0 Å². The Labute approximate surface area is 172 Å². The first-order chi connectivity index (χ1) is 13.8. The van der Waals surface area contributed by atoms with Gasteiger partial charge in [-0.15, -0.1) is 10.2 Å². The fraction of sp³-hybridized carbons (Fsp3) is 0.550. The van der Waals surface area contributed by atoms with Crippen LogP contribution in [-0.4, -0.2) is 26.4 Å². The summed E-state index contributed by atoms with van der Waals surface area (Å²) in [6, 6.07) is 4.95. The first-order valence-corrected chi connectivity index (χ1v) is 10.8. The zero-order valence-electron chi connectivity index (χ0n) is 16.3. The number of halogens is 3. The Kier molecular flexibility index (Phi) is 7.21. The number of amides is 1. The Morgan fingerprint density at radius 3 is 2.66 bits per heavy atom. The highest BCUT2D eigenvalue weighted by molar-refractivity contribution is 7.99. The molecule has 9 heteroatoms. The average molecular weight is 427 g/mol. The monoisotopic (exact) mass is 426 g/mol. The predicted octanol–water partition coefficient (Wildman–Crippen LogP) is 5.08. The second-order valence-corrected chi connectivity index (χ2v) is 8.32. The summed E-state index contributed by atoms with van der Waals surface area (Å²) in [6.07, 6.45) is 3.90. The molecule has 0 radical (unpaired) electrons. The molecule has 1 aliphatic rings. The summed E-state index contributed by atoms with van der Waals surface area (Å²) in [7, 11) is 1.86. The summed E-state index contributed by atoms with van der Waals surface area (Å²) in [4.78, 5) is 12.2. The number of thioether (sulfide) groups is 1. The van der Waals surface area contributed by atoms with Crippen LogP contribution in [-0.2, 0) is 24.4 Å². The maximum absolute atomic E-state index is 13.0. The standard InChI is InChI=1S/C20H25F3N4OS/c1-27-17(12-11-14-7-3-2-4-8-14)25-26-19(27)29-13-18(28)24-16-10-6-5-9-15(16)20(21,22)23/h5-6,9-10,14H,2-4,7-8,11-13H2,1H3,(H,24,28). The lowest BCUT2D eigenvalue weighted by Crippen LogP contribution is -2.18. The molecule has 1 N–H and O–H groups in total. The van der Waals surface area contributed by atoms with E-state index in [-0.39, 0.29) is 11.4 Å². The lowest BCUT2D eigenvalue weighted by molar-refractivity contribution is -0.137. The summed E-state index contributed by atoms with van der Waals surface area (Å²) in [5.41, 5.74) is -1.10. The van der Waals surface area contributed by atoms with Crippen LogP contribution in [0.3, 0.4) is 0 Å². The summed E-state index contributed by atoms with van der Waals surface area (Å²) < 4.78 is 41.0. The van der Waals surface area contributed by atoms with Crippen molar-refractivity contribution in [2.24, 2.45) is 13.0 Å². The molecule has 1 saturated carbocycles. The zero-order valence-corrected chi connectivity index (χ0v) is 17.2. The lowest BCUT2D eigenvalue weighted by atomic mass is 9.86. The van der Waals surface area contributed by atoms with Crippen LogP contribution in [0.15, 0.2) is 29.4 Å². The van der Waals surface area contributed by atoms with E-state index in [1.165, 1.54) is 62.1 Å². The van der Waals surface area contributed by atoms with Crippen LogP contribution in [0.2, 0.25) is 0 Å². The largest absolute Gasteiger partial charge is 0.418 e. The van der Waals surface area contributed by atoms with Crippen molar-refractivity contribution in [3.8, 4) is 0 Å². The second kappa shape index (κ2) is 9.65. The van der Waals surface area contributed by atoms with Crippen molar-refractivity contribution in [1.29, 1.82) is 0 Å². The van der Waals surface area contributed by atoms with Gasteiger partial charge in [0.25, 0.3) is 0 Å². The first kappa shape index (κ1) is 21.7. The normalized spacial score (nSPS) is 15.4. The van der Waals surface area contributed by atoms with Crippen LogP contribution in [0.1, 0.15) is 49.9 Å². The second-order valence-electron chi connectivity index (χ2n) is 7.38. The van der Waals surface area contributed by atoms with Gasteiger partial charge in [0.05, 0.1) is 17.0 Å². The van der Waals surface area contributed by atoms with Gasteiger partial charge in [0, 0.05) is 13.5 Å². The van der Waals surface area contributed by atoms with Crippen LogP contribution in [0.25, 0.3) is 0 Å². The highest BCUT2D eigenvalue weighted by atomic mass is 32.2. The number of nitrogens with one attached hydrogen (secondary N) is 1. The molecule has 1 heterocycles. The van der Waals surface area contributed by atoms with Crippen molar-refractivity contribution in [2.45, 2.75) is 56.3 Å². The van der Waals surface area contributed by atoms with Gasteiger partial charge in [-0.2, -0.15) is 13.2 Å². The number of anilines is 1.